The molecular weight excluding hydrogens is 204 g/mol. The SMILES string of the molecule is C=CC(CCCO)OC(=O)c1ccccc1. The standard InChI is InChI=1S/C13H16O3/c1-2-12(9-6-10-14)16-13(15)11-7-4-3-5-8-11/h2-5,7-8,12,14H,1,6,9-10H2. The number of hydrogen-bond donors (Lipinski definition) is 1. The van der Waals surface area contributed by atoms with Gasteiger partial charge in [-0.25, -0.2) is 4.79 Å². The molecule has 0 spiro atoms. The van der Waals surface area contributed by atoms with Crippen molar-refractivity contribution in [3.63, 3.8) is 0 Å². The number of benzene rings is 1. The second kappa shape index (κ2) is 6.80. The van der Waals surface area contributed by atoms with Crippen molar-refractivity contribution in [2.45, 2.75) is 18.9 Å². The molecule has 16 heavy (non-hydrogen) atoms. The molecule has 0 heterocycles. The van der Waals surface area contributed by atoms with Crippen molar-refractivity contribution in [1.29, 1.82) is 0 Å². The minimum atomic E-state index is -0.358. The Balaban J connectivity index is 2.52. The van der Waals surface area contributed by atoms with E-state index in [1.165, 1.54) is 0 Å². The molecule has 0 radical (unpaired) electrons. The van der Waals surface area contributed by atoms with Gasteiger partial charge in [-0.15, -0.1) is 0 Å². The maximum absolute atomic E-state index is 11.6. The fourth-order valence-corrected chi connectivity index (χ4v) is 1.30. The first kappa shape index (κ1) is 12.5. The molecule has 1 unspecified atom stereocenters. The number of carbonyl (C=O) groups is 1. The van der Waals surface area contributed by atoms with Gasteiger partial charge in [-0.05, 0) is 25.0 Å². The molecule has 0 aliphatic carbocycles. The van der Waals surface area contributed by atoms with Crippen molar-refractivity contribution in [1.82, 2.24) is 0 Å². The van der Waals surface area contributed by atoms with Gasteiger partial charge in [-0.1, -0.05) is 30.9 Å². The zero-order valence-electron chi connectivity index (χ0n) is 9.13. The fraction of sp³-hybridized carbons (Fsp3) is 0.308. The number of aliphatic hydroxyl groups excluding tert-OH is 1. The molecular formula is C13H16O3. The molecule has 0 aliphatic heterocycles. The quantitative estimate of drug-likeness (QED) is 0.590. The first-order valence-electron chi connectivity index (χ1n) is 5.27. The summed E-state index contributed by atoms with van der Waals surface area (Å²) in [4.78, 5) is 11.6. The third-order valence-corrected chi connectivity index (χ3v) is 2.18. The molecule has 0 amide bonds. The Labute approximate surface area is 95.4 Å². The Morgan fingerprint density at radius 3 is 2.69 bits per heavy atom. The van der Waals surface area contributed by atoms with Crippen LogP contribution in [-0.2, 0) is 4.74 Å². The number of ether oxygens (including phenoxy) is 1. The highest BCUT2D eigenvalue weighted by Gasteiger charge is 2.12. The normalized spacial score (nSPS) is 11.8. The smallest absolute Gasteiger partial charge is 0.338 e. The monoisotopic (exact) mass is 220 g/mol. The molecule has 0 saturated heterocycles. The lowest BCUT2D eigenvalue weighted by atomic mass is 10.2. The van der Waals surface area contributed by atoms with E-state index in [0.717, 1.165) is 0 Å². The lowest BCUT2D eigenvalue weighted by Gasteiger charge is -2.13. The highest BCUT2D eigenvalue weighted by atomic mass is 16.5. The number of hydrogen-bond acceptors (Lipinski definition) is 3. The molecule has 0 saturated carbocycles. The van der Waals surface area contributed by atoms with E-state index in [2.05, 4.69) is 6.58 Å². The van der Waals surface area contributed by atoms with Crippen LogP contribution in [0.3, 0.4) is 0 Å². The average molecular weight is 220 g/mol. The minimum absolute atomic E-state index is 0.0905. The maximum Gasteiger partial charge on any atom is 0.338 e. The van der Waals surface area contributed by atoms with E-state index in [4.69, 9.17) is 9.84 Å². The van der Waals surface area contributed by atoms with Gasteiger partial charge in [0.15, 0.2) is 0 Å². The highest BCUT2D eigenvalue weighted by Crippen LogP contribution is 2.08. The molecule has 3 nitrogen and oxygen atoms in total. The predicted molar refractivity (Wildman–Crippen MR) is 62.2 cm³/mol. The van der Waals surface area contributed by atoms with Crippen molar-refractivity contribution in [2.24, 2.45) is 0 Å². The van der Waals surface area contributed by atoms with Gasteiger partial charge in [-0.2, -0.15) is 0 Å². The van der Waals surface area contributed by atoms with Crippen LogP contribution in [0.4, 0.5) is 0 Å². The topological polar surface area (TPSA) is 46.5 Å². The second-order valence-electron chi connectivity index (χ2n) is 3.41. The van der Waals surface area contributed by atoms with Crippen LogP contribution in [0.1, 0.15) is 23.2 Å². The molecule has 1 N–H and O–H groups in total. The average Bonchev–Trinajstić information content (AvgIpc) is 2.35. The summed E-state index contributed by atoms with van der Waals surface area (Å²) in [7, 11) is 0. The van der Waals surface area contributed by atoms with Crippen molar-refractivity contribution >= 4 is 5.97 Å². The Morgan fingerprint density at radius 1 is 1.44 bits per heavy atom. The lowest BCUT2D eigenvalue weighted by Crippen LogP contribution is -2.16. The zero-order valence-corrected chi connectivity index (χ0v) is 9.13. The van der Waals surface area contributed by atoms with Crippen LogP contribution in [0, 0.1) is 0 Å². The van der Waals surface area contributed by atoms with Crippen molar-refractivity contribution in [2.75, 3.05) is 6.61 Å². The summed E-state index contributed by atoms with van der Waals surface area (Å²) in [5.41, 5.74) is 0.526. The molecule has 1 rings (SSSR count). The van der Waals surface area contributed by atoms with Gasteiger partial charge < -0.3 is 9.84 Å². The molecule has 0 aromatic heterocycles. The zero-order chi connectivity index (χ0) is 11.8. The summed E-state index contributed by atoms with van der Waals surface area (Å²) in [6, 6.07) is 8.82. The Morgan fingerprint density at radius 2 is 2.12 bits per heavy atom. The Bertz CT molecular complexity index is 332. The van der Waals surface area contributed by atoms with Gasteiger partial charge in [-0.3, -0.25) is 0 Å². The van der Waals surface area contributed by atoms with E-state index < -0.39 is 0 Å². The van der Waals surface area contributed by atoms with Gasteiger partial charge in [0.2, 0.25) is 0 Å². The van der Waals surface area contributed by atoms with Crippen LogP contribution in [-0.4, -0.2) is 23.8 Å². The maximum atomic E-state index is 11.6. The van der Waals surface area contributed by atoms with Crippen molar-refractivity contribution in [3.05, 3.63) is 48.6 Å². The van der Waals surface area contributed by atoms with E-state index in [-0.39, 0.29) is 18.7 Å². The third kappa shape index (κ3) is 3.87. The summed E-state index contributed by atoms with van der Waals surface area (Å²) in [6.45, 7) is 3.69. The molecule has 1 atom stereocenters. The number of carbonyl (C=O) groups excluding carboxylic acids is 1. The van der Waals surface area contributed by atoms with Crippen LogP contribution in [0.2, 0.25) is 0 Å². The number of esters is 1. The van der Waals surface area contributed by atoms with Crippen LogP contribution < -0.4 is 0 Å². The molecule has 1 aromatic carbocycles. The van der Waals surface area contributed by atoms with E-state index in [0.29, 0.717) is 18.4 Å². The van der Waals surface area contributed by atoms with Gasteiger partial charge >= 0.3 is 5.97 Å². The van der Waals surface area contributed by atoms with Gasteiger partial charge in [0, 0.05) is 6.61 Å². The molecule has 3 heteroatoms. The van der Waals surface area contributed by atoms with Crippen LogP contribution >= 0.6 is 0 Å². The summed E-state index contributed by atoms with van der Waals surface area (Å²) in [5, 5.41) is 8.69. The fourth-order valence-electron chi connectivity index (χ4n) is 1.30. The summed E-state index contributed by atoms with van der Waals surface area (Å²) in [5.74, 6) is -0.358. The van der Waals surface area contributed by atoms with Gasteiger partial charge in [0.05, 0.1) is 5.56 Å². The number of rotatable bonds is 6. The third-order valence-electron chi connectivity index (χ3n) is 2.18. The summed E-state index contributed by atoms with van der Waals surface area (Å²) >= 11 is 0. The highest BCUT2D eigenvalue weighted by molar-refractivity contribution is 5.89. The first-order valence-corrected chi connectivity index (χ1v) is 5.27. The van der Waals surface area contributed by atoms with Crippen molar-refractivity contribution < 1.29 is 14.6 Å². The van der Waals surface area contributed by atoms with Gasteiger partial charge in [0.1, 0.15) is 6.10 Å². The van der Waals surface area contributed by atoms with Crippen molar-refractivity contribution in [3.8, 4) is 0 Å². The predicted octanol–water partition coefficient (Wildman–Crippen LogP) is 2.17. The largest absolute Gasteiger partial charge is 0.455 e. The van der Waals surface area contributed by atoms with Gasteiger partial charge in [0.25, 0.3) is 0 Å². The van der Waals surface area contributed by atoms with E-state index >= 15 is 0 Å². The minimum Gasteiger partial charge on any atom is -0.455 e. The number of aliphatic hydroxyl groups is 1. The van der Waals surface area contributed by atoms with Crippen LogP contribution in [0.5, 0.6) is 0 Å². The Kier molecular flexibility index (Phi) is 5.29. The molecule has 86 valence electrons. The second-order valence-corrected chi connectivity index (χ2v) is 3.41. The molecule has 1 aromatic rings. The van der Waals surface area contributed by atoms with E-state index in [1.54, 1.807) is 30.3 Å². The van der Waals surface area contributed by atoms with Crippen LogP contribution in [0.25, 0.3) is 0 Å². The summed E-state index contributed by atoms with van der Waals surface area (Å²) in [6.07, 6.45) is 2.44. The Hall–Kier alpha value is -1.61. The molecule has 0 fully saturated rings. The lowest BCUT2D eigenvalue weighted by molar-refractivity contribution is 0.0369. The molecule has 0 aliphatic rings. The summed E-state index contributed by atoms with van der Waals surface area (Å²) < 4.78 is 5.22. The van der Waals surface area contributed by atoms with Crippen LogP contribution in [0.15, 0.2) is 43.0 Å². The van der Waals surface area contributed by atoms with E-state index in [9.17, 15) is 4.79 Å². The first-order chi connectivity index (χ1) is 7.77. The molecule has 0 bridgehead atoms. The van der Waals surface area contributed by atoms with E-state index in [1.807, 2.05) is 6.07 Å².